The number of rotatable bonds is 2. The van der Waals surface area contributed by atoms with Crippen molar-refractivity contribution in [1.82, 2.24) is 4.98 Å². The van der Waals surface area contributed by atoms with E-state index in [1.54, 1.807) is 12.1 Å². The minimum atomic E-state index is -0.543. The molecule has 0 aliphatic heterocycles. The first kappa shape index (κ1) is 12.4. The number of hydrogen-bond acceptors (Lipinski definition) is 4. The molecule has 18 heavy (non-hydrogen) atoms. The van der Waals surface area contributed by atoms with Gasteiger partial charge in [-0.3, -0.25) is 4.79 Å². The largest absolute Gasteiger partial charge is 0.508 e. The lowest BCUT2D eigenvalue weighted by Gasteiger charge is -2.06. The standard InChI is InChI=1S/C12H9BrN2O3/c13-7-1-4-11(14-6-7)15-12(18)9-5-8(16)2-3-10(9)17/h1-6,16-17H,(H,14,15,18). The predicted octanol–water partition coefficient (Wildman–Crippen LogP) is 2.51. The first-order chi connectivity index (χ1) is 8.56. The van der Waals surface area contributed by atoms with Gasteiger partial charge in [-0.2, -0.15) is 0 Å². The molecule has 0 atom stereocenters. The average molecular weight is 309 g/mol. The molecule has 1 aromatic heterocycles. The fourth-order valence-corrected chi connectivity index (χ4v) is 1.57. The maximum absolute atomic E-state index is 11.8. The topological polar surface area (TPSA) is 82.5 Å². The number of carbonyl (C=O) groups excluding carboxylic acids is 1. The van der Waals surface area contributed by atoms with Crippen LogP contribution in [-0.4, -0.2) is 21.1 Å². The molecular formula is C12H9BrN2O3. The zero-order chi connectivity index (χ0) is 13.1. The van der Waals surface area contributed by atoms with Gasteiger partial charge in [0.2, 0.25) is 0 Å². The second kappa shape index (κ2) is 5.05. The molecule has 0 unspecified atom stereocenters. The molecule has 6 heteroatoms. The van der Waals surface area contributed by atoms with Crippen LogP contribution < -0.4 is 5.32 Å². The molecule has 92 valence electrons. The van der Waals surface area contributed by atoms with Crippen molar-refractivity contribution in [3.63, 3.8) is 0 Å². The summed E-state index contributed by atoms with van der Waals surface area (Å²) in [5, 5.41) is 21.3. The van der Waals surface area contributed by atoms with Gasteiger partial charge < -0.3 is 15.5 Å². The molecule has 1 amide bonds. The van der Waals surface area contributed by atoms with Crippen molar-refractivity contribution in [2.24, 2.45) is 0 Å². The van der Waals surface area contributed by atoms with Gasteiger partial charge in [-0.15, -0.1) is 0 Å². The molecule has 0 fully saturated rings. The van der Waals surface area contributed by atoms with E-state index in [0.29, 0.717) is 5.82 Å². The van der Waals surface area contributed by atoms with Crippen molar-refractivity contribution in [1.29, 1.82) is 0 Å². The maximum Gasteiger partial charge on any atom is 0.260 e. The number of phenols is 2. The van der Waals surface area contributed by atoms with Crippen LogP contribution in [0.15, 0.2) is 41.0 Å². The third kappa shape index (κ3) is 2.78. The van der Waals surface area contributed by atoms with E-state index in [4.69, 9.17) is 0 Å². The van der Waals surface area contributed by atoms with Crippen LogP contribution in [-0.2, 0) is 0 Å². The quantitative estimate of drug-likeness (QED) is 0.744. The molecule has 2 aromatic rings. The second-order valence-corrected chi connectivity index (χ2v) is 4.43. The van der Waals surface area contributed by atoms with Gasteiger partial charge in [0.25, 0.3) is 5.91 Å². The third-order valence-electron chi connectivity index (χ3n) is 2.19. The van der Waals surface area contributed by atoms with Gasteiger partial charge in [0.15, 0.2) is 0 Å². The first-order valence-electron chi connectivity index (χ1n) is 5.01. The highest BCUT2D eigenvalue weighted by molar-refractivity contribution is 9.10. The summed E-state index contributed by atoms with van der Waals surface area (Å²) in [4.78, 5) is 15.8. The van der Waals surface area contributed by atoms with Gasteiger partial charge in [0, 0.05) is 10.7 Å². The monoisotopic (exact) mass is 308 g/mol. The van der Waals surface area contributed by atoms with Crippen molar-refractivity contribution < 1.29 is 15.0 Å². The lowest BCUT2D eigenvalue weighted by Crippen LogP contribution is -2.12. The Bertz CT molecular complexity index is 584. The number of nitrogens with one attached hydrogen (secondary N) is 1. The summed E-state index contributed by atoms with van der Waals surface area (Å²) < 4.78 is 0.792. The van der Waals surface area contributed by atoms with Crippen LogP contribution in [0, 0.1) is 0 Å². The summed E-state index contributed by atoms with van der Waals surface area (Å²) in [6, 6.07) is 7.07. The van der Waals surface area contributed by atoms with Gasteiger partial charge in [-0.25, -0.2) is 4.98 Å². The number of nitrogens with zero attached hydrogens (tertiary/aromatic N) is 1. The minimum Gasteiger partial charge on any atom is -0.508 e. The smallest absolute Gasteiger partial charge is 0.260 e. The van der Waals surface area contributed by atoms with E-state index in [9.17, 15) is 15.0 Å². The number of phenolic OH excluding ortho intramolecular Hbond substituents is 2. The van der Waals surface area contributed by atoms with Gasteiger partial charge in [0.05, 0.1) is 5.56 Å². The summed E-state index contributed by atoms with van der Waals surface area (Å²) >= 11 is 3.23. The van der Waals surface area contributed by atoms with E-state index < -0.39 is 5.91 Å². The third-order valence-corrected chi connectivity index (χ3v) is 2.66. The number of aromatic nitrogens is 1. The zero-order valence-corrected chi connectivity index (χ0v) is 10.7. The Morgan fingerprint density at radius 2 is 2.00 bits per heavy atom. The van der Waals surface area contributed by atoms with Crippen LogP contribution in [0.25, 0.3) is 0 Å². The van der Waals surface area contributed by atoms with E-state index in [2.05, 4.69) is 26.2 Å². The van der Waals surface area contributed by atoms with Crippen LogP contribution in [0.1, 0.15) is 10.4 Å². The summed E-state index contributed by atoms with van der Waals surface area (Å²) in [5.74, 6) is -0.492. The van der Waals surface area contributed by atoms with Crippen LogP contribution in [0.2, 0.25) is 0 Å². The summed E-state index contributed by atoms with van der Waals surface area (Å²) in [6.45, 7) is 0. The molecule has 1 aromatic carbocycles. The lowest BCUT2D eigenvalue weighted by molar-refractivity contribution is 0.102. The number of amides is 1. The van der Waals surface area contributed by atoms with Gasteiger partial charge in [-0.1, -0.05) is 0 Å². The normalized spacial score (nSPS) is 10.1. The molecule has 1 heterocycles. The summed E-state index contributed by atoms with van der Waals surface area (Å²) in [5.41, 5.74) is -0.0141. The molecule has 0 saturated heterocycles. The maximum atomic E-state index is 11.8. The highest BCUT2D eigenvalue weighted by Gasteiger charge is 2.12. The molecule has 2 rings (SSSR count). The molecule has 0 saturated carbocycles. The zero-order valence-electron chi connectivity index (χ0n) is 9.09. The Labute approximate surface area is 111 Å². The first-order valence-corrected chi connectivity index (χ1v) is 5.80. The predicted molar refractivity (Wildman–Crippen MR) is 69.7 cm³/mol. The summed E-state index contributed by atoms with van der Waals surface area (Å²) in [6.07, 6.45) is 1.54. The molecule has 5 nitrogen and oxygen atoms in total. The van der Waals surface area contributed by atoms with E-state index in [0.717, 1.165) is 4.47 Å². The van der Waals surface area contributed by atoms with Crippen LogP contribution in [0.4, 0.5) is 5.82 Å². The van der Waals surface area contributed by atoms with Crippen molar-refractivity contribution in [2.45, 2.75) is 0 Å². The van der Waals surface area contributed by atoms with E-state index in [-0.39, 0.29) is 17.1 Å². The molecule has 0 aliphatic rings. The Morgan fingerprint density at radius 1 is 1.22 bits per heavy atom. The number of anilines is 1. The Kier molecular flexibility index (Phi) is 3.47. The van der Waals surface area contributed by atoms with Crippen LogP contribution in [0.5, 0.6) is 11.5 Å². The van der Waals surface area contributed by atoms with Crippen molar-refractivity contribution in [3.8, 4) is 11.5 Å². The lowest BCUT2D eigenvalue weighted by atomic mass is 10.2. The molecule has 3 N–H and O–H groups in total. The average Bonchev–Trinajstić information content (AvgIpc) is 2.35. The van der Waals surface area contributed by atoms with Crippen molar-refractivity contribution in [2.75, 3.05) is 5.32 Å². The van der Waals surface area contributed by atoms with E-state index in [1.165, 1.54) is 24.4 Å². The van der Waals surface area contributed by atoms with Gasteiger partial charge in [0.1, 0.15) is 17.3 Å². The molecule has 0 spiro atoms. The highest BCUT2D eigenvalue weighted by Crippen LogP contribution is 2.23. The minimum absolute atomic E-state index is 0.0141. The van der Waals surface area contributed by atoms with Gasteiger partial charge >= 0.3 is 0 Å². The van der Waals surface area contributed by atoms with E-state index >= 15 is 0 Å². The van der Waals surface area contributed by atoms with E-state index in [1.807, 2.05) is 0 Å². The van der Waals surface area contributed by atoms with Crippen molar-refractivity contribution >= 4 is 27.7 Å². The number of pyridine rings is 1. The SMILES string of the molecule is O=C(Nc1ccc(Br)cn1)c1cc(O)ccc1O. The molecule has 0 aliphatic carbocycles. The molecule has 0 radical (unpaired) electrons. The Balaban J connectivity index is 2.21. The van der Waals surface area contributed by atoms with Crippen LogP contribution >= 0.6 is 15.9 Å². The van der Waals surface area contributed by atoms with Crippen LogP contribution in [0.3, 0.4) is 0 Å². The number of aromatic hydroxyl groups is 2. The second-order valence-electron chi connectivity index (χ2n) is 3.52. The fraction of sp³-hybridized carbons (Fsp3) is 0. The van der Waals surface area contributed by atoms with Crippen molar-refractivity contribution in [3.05, 3.63) is 46.6 Å². The number of carbonyl (C=O) groups is 1. The Hall–Kier alpha value is -2.08. The number of halogens is 1. The molecule has 0 bridgehead atoms. The fourth-order valence-electron chi connectivity index (χ4n) is 1.34. The van der Waals surface area contributed by atoms with Gasteiger partial charge in [-0.05, 0) is 46.3 Å². The Morgan fingerprint density at radius 3 is 2.67 bits per heavy atom. The number of benzene rings is 1. The summed E-state index contributed by atoms with van der Waals surface area (Å²) in [7, 11) is 0. The molecular weight excluding hydrogens is 300 g/mol. The highest BCUT2D eigenvalue weighted by atomic mass is 79.9. The number of hydrogen-bond donors (Lipinski definition) is 3.